The van der Waals surface area contributed by atoms with E-state index in [1.807, 2.05) is 0 Å². The van der Waals surface area contributed by atoms with Gasteiger partial charge in [0.2, 0.25) is 0 Å². The standard InChI is InChI=1S/C15H9F5N6O/c1-27-11-3-8(16)7(2-9(11)17)12-10(4-21)25-14-23-6-24-26(14)13(12)22-5-15(18,19)20/h2-3,6,22H,5H2,1H3. The molecule has 0 unspecified atom stereocenters. The Kier molecular flexibility index (Phi) is 4.52. The van der Waals surface area contributed by atoms with Crippen molar-refractivity contribution in [1.82, 2.24) is 19.6 Å². The van der Waals surface area contributed by atoms with Gasteiger partial charge < -0.3 is 10.1 Å². The average Bonchev–Trinajstić information content (AvgIpc) is 3.08. The normalized spacial score (nSPS) is 11.4. The summed E-state index contributed by atoms with van der Waals surface area (Å²) >= 11 is 0. The van der Waals surface area contributed by atoms with E-state index in [1.165, 1.54) is 0 Å². The Hall–Kier alpha value is -3.49. The number of hydrogen-bond acceptors (Lipinski definition) is 6. The number of benzene rings is 1. The first-order chi connectivity index (χ1) is 12.7. The lowest BCUT2D eigenvalue weighted by Gasteiger charge is -2.16. The Morgan fingerprint density at radius 3 is 2.63 bits per heavy atom. The zero-order chi connectivity index (χ0) is 19.8. The summed E-state index contributed by atoms with van der Waals surface area (Å²) in [5.74, 6) is -3.00. The molecule has 0 spiro atoms. The SMILES string of the molecule is COc1cc(F)c(-c2c(C#N)nc3ncnn3c2NCC(F)(F)F)cc1F. The highest BCUT2D eigenvalue weighted by atomic mass is 19.4. The molecule has 27 heavy (non-hydrogen) atoms. The quantitative estimate of drug-likeness (QED) is 0.696. The van der Waals surface area contributed by atoms with Crippen molar-refractivity contribution in [2.24, 2.45) is 0 Å². The molecule has 2 aromatic heterocycles. The number of hydrogen-bond donors (Lipinski definition) is 1. The topological polar surface area (TPSA) is 88.1 Å². The van der Waals surface area contributed by atoms with Crippen LogP contribution in [-0.4, -0.2) is 39.4 Å². The predicted molar refractivity (Wildman–Crippen MR) is 81.9 cm³/mol. The highest BCUT2D eigenvalue weighted by molar-refractivity contribution is 5.81. The van der Waals surface area contributed by atoms with Crippen molar-refractivity contribution in [2.45, 2.75) is 6.18 Å². The molecular formula is C15H9F5N6O. The molecule has 0 fully saturated rings. The van der Waals surface area contributed by atoms with Gasteiger partial charge in [-0.3, -0.25) is 0 Å². The van der Waals surface area contributed by atoms with E-state index >= 15 is 0 Å². The maximum Gasteiger partial charge on any atom is 0.405 e. The third kappa shape index (κ3) is 3.43. The van der Waals surface area contributed by atoms with Crippen LogP contribution in [0.4, 0.5) is 27.8 Å². The van der Waals surface area contributed by atoms with Gasteiger partial charge in [-0.1, -0.05) is 0 Å². The fourth-order valence-electron chi connectivity index (χ4n) is 2.40. The van der Waals surface area contributed by atoms with Gasteiger partial charge in [-0.05, 0) is 6.07 Å². The molecule has 7 nitrogen and oxygen atoms in total. The Morgan fingerprint density at radius 2 is 2.00 bits per heavy atom. The van der Waals surface area contributed by atoms with Crippen LogP contribution < -0.4 is 10.1 Å². The fraction of sp³-hybridized carbons (Fsp3) is 0.200. The van der Waals surface area contributed by atoms with Gasteiger partial charge in [0.05, 0.1) is 12.7 Å². The molecule has 0 bridgehead atoms. The molecule has 1 aromatic carbocycles. The molecule has 0 radical (unpaired) electrons. The molecule has 3 aromatic rings. The Morgan fingerprint density at radius 1 is 1.26 bits per heavy atom. The first-order valence-corrected chi connectivity index (χ1v) is 7.23. The number of fused-ring (bicyclic) bond motifs is 1. The maximum absolute atomic E-state index is 14.5. The van der Waals surface area contributed by atoms with Gasteiger partial charge >= 0.3 is 6.18 Å². The fourth-order valence-corrected chi connectivity index (χ4v) is 2.40. The van der Waals surface area contributed by atoms with Crippen LogP contribution >= 0.6 is 0 Å². The zero-order valence-electron chi connectivity index (χ0n) is 13.5. The second-order valence-electron chi connectivity index (χ2n) is 5.20. The summed E-state index contributed by atoms with van der Waals surface area (Å²) in [6.07, 6.45) is -3.62. The summed E-state index contributed by atoms with van der Waals surface area (Å²) in [5.41, 5.74) is -1.33. The molecule has 0 saturated heterocycles. The van der Waals surface area contributed by atoms with E-state index in [2.05, 4.69) is 25.1 Å². The second kappa shape index (κ2) is 6.67. The van der Waals surface area contributed by atoms with Crippen LogP contribution in [-0.2, 0) is 0 Å². The van der Waals surface area contributed by atoms with Gasteiger partial charge in [0, 0.05) is 11.6 Å². The summed E-state index contributed by atoms with van der Waals surface area (Å²) in [6, 6.07) is 3.07. The predicted octanol–water partition coefficient (Wildman–Crippen LogP) is 2.92. The van der Waals surface area contributed by atoms with Gasteiger partial charge in [0.1, 0.15) is 30.6 Å². The first kappa shape index (κ1) is 18.3. The molecule has 12 heteroatoms. The third-order valence-corrected chi connectivity index (χ3v) is 3.50. The first-order valence-electron chi connectivity index (χ1n) is 7.23. The summed E-state index contributed by atoms with van der Waals surface area (Å²) in [4.78, 5) is 7.55. The number of aromatic nitrogens is 4. The molecule has 0 atom stereocenters. The van der Waals surface area contributed by atoms with E-state index in [1.54, 1.807) is 6.07 Å². The number of ether oxygens (including phenoxy) is 1. The van der Waals surface area contributed by atoms with E-state index in [-0.39, 0.29) is 11.3 Å². The minimum Gasteiger partial charge on any atom is -0.494 e. The van der Waals surface area contributed by atoms with E-state index < -0.39 is 47.2 Å². The van der Waals surface area contributed by atoms with Crippen molar-refractivity contribution < 1.29 is 26.7 Å². The summed E-state index contributed by atoms with van der Waals surface area (Å²) in [5, 5.41) is 15.1. The summed E-state index contributed by atoms with van der Waals surface area (Å²) < 4.78 is 72.2. The van der Waals surface area contributed by atoms with Crippen LogP contribution in [0.1, 0.15) is 5.69 Å². The lowest BCUT2D eigenvalue weighted by molar-refractivity contribution is -0.115. The monoisotopic (exact) mass is 384 g/mol. The van der Waals surface area contributed by atoms with E-state index in [4.69, 9.17) is 0 Å². The lowest BCUT2D eigenvalue weighted by atomic mass is 10.0. The smallest absolute Gasteiger partial charge is 0.405 e. The number of anilines is 1. The average molecular weight is 384 g/mol. The molecule has 0 amide bonds. The molecule has 0 aliphatic heterocycles. The molecule has 3 rings (SSSR count). The van der Waals surface area contributed by atoms with Gasteiger partial charge in [-0.2, -0.15) is 38.0 Å². The molecule has 0 aliphatic rings. The van der Waals surface area contributed by atoms with Crippen molar-refractivity contribution >= 4 is 11.6 Å². The number of nitriles is 1. The van der Waals surface area contributed by atoms with Crippen LogP contribution in [0.15, 0.2) is 18.5 Å². The number of rotatable bonds is 4. The number of nitrogens with zero attached hydrogens (tertiary/aromatic N) is 5. The number of halogens is 5. The van der Waals surface area contributed by atoms with Crippen molar-refractivity contribution in [3.63, 3.8) is 0 Å². The van der Waals surface area contributed by atoms with Crippen molar-refractivity contribution in [1.29, 1.82) is 5.26 Å². The second-order valence-corrected chi connectivity index (χ2v) is 5.20. The molecule has 0 saturated carbocycles. The highest BCUT2D eigenvalue weighted by Gasteiger charge is 2.30. The number of alkyl halides is 3. The molecule has 0 aliphatic carbocycles. The zero-order valence-corrected chi connectivity index (χ0v) is 13.5. The number of methoxy groups -OCH3 is 1. The van der Waals surface area contributed by atoms with E-state index in [9.17, 15) is 27.2 Å². The Labute approximate surface area is 148 Å². The molecule has 140 valence electrons. The van der Waals surface area contributed by atoms with Crippen LogP contribution in [0.2, 0.25) is 0 Å². The van der Waals surface area contributed by atoms with Crippen molar-refractivity contribution in [3.05, 3.63) is 35.8 Å². The minimum absolute atomic E-state index is 0.186. The van der Waals surface area contributed by atoms with Crippen LogP contribution in [0, 0.1) is 23.0 Å². The van der Waals surface area contributed by atoms with Crippen molar-refractivity contribution in [2.75, 3.05) is 19.0 Å². The highest BCUT2D eigenvalue weighted by Crippen LogP contribution is 2.36. The molecule has 2 heterocycles. The minimum atomic E-state index is -4.62. The largest absolute Gasteiger partial charge is 0.494 e. The Bertz CT molecular complexity index is 1060. The summed E-state index contributed by atoms with van der Waals surface area (Å²) in [6.45, 7) is -1.51. The number of nitrogens with one attached hydrogen (secondary N) is 1. The summed E-state index contributed by atoms with van der Waals surface area (Å²) in [7, 11) is 1.12. The van der Waals surface area contributed by atoms with E-state index in [0.717, 1.165) is 18.0 Å². The van der Waals surface area contributed by atoms with Gasteiger partial charge in [0.25, 0.3) is 5.78 Å². The third-order valence-electron chi connectivity index (χ3n) is 3.50. The van der Waals surface area contributed by atoms with Crippen molar-refractivity contribution in [3.8, 4) is 22.9 Å². The maximum atomic E-state index is 14.5. The molecular weight excluding hydrogens is 375 g/mol. The van der Waals surface area contributed by atoms with Crippen LogP contribution in [0.3, 0.4) is 0 Å². The van der Waals surface area contributed by atoms with Gasteiger partial charge in [-0.15, -0.1) is 0 Å². The Balaban J connectivity index is 2.31. The van der Waals surface area contributed by atoms with Crippen LogP contribution in [0.25, 0.3) is 16.9 Å². The lowest BCUT2D eigenvalue weighted by Crippen LogP contribution is -2.23. The molecule has 1 N–H and O–H groups in total. The van der Waals surface area contributed by atoms with Crippen LogP contribution in [0.5, 0.6) is 5.75 Å². The van der Waals surface area contributed by atoms with Gasteiger partial charge in [0.15, 0.2) is 17.3 Å². The van der Waals surface area contributed by atoms with E-state index in [0.29, 0.717) is 12.1 Å². The van der Waals surface area contributed by atoms with Gasteiger partial charge in [-0.25, -0.2) is 8.78 Å².